The van der Waals surface area contributed by atoms with E-state index in [0.717, 1.165) is 36.6 Å². The van der Waals surface area contributed by atoms with Crippen molar-refractivity contribution >= 4 is 39.2 Å². The van der Waals surface area contributed by atoms with Gasteiger partial charge in [-0.05, 0) is 43.3 Å². The first kappa shape index (κ1) is 15.9. The minimum absolute atomic E-state index is 0.787. The Labute approximate surface area is 152 Å². The Balaban J connectivity index is 1.69. The van der Waals surface area contributed by atoms with Crippen LogP contribution in [-0.4, -0.2) is 23.1 Å². The van der Waals surface area contributed by atoms with Crippen LogP contribution in [0.25, 0.3) is 16.3 Å². The number of benzene rings is 1. The van der Waals surface area contributed by atoms with Crippen LogP contribution in [0.3, 0.4) is 0 Å². The van der Waals surface area contributed by atoms with Crippen LogP contribution < -0.4 is 0 Å². The standard InChI is InChI=1S/C20H21ClN2S/c1-14-11-17-18-13-22(2)10-8-19(18)23(20(17)24-14)9-4-6-15-5-3-7-16(21)12-15/h3-7,11-12H,8-10,13H2,1-2H3. The Kier molecular flexibility index (Phi) is 4.25. The summed E-state index contributed by atoms with van der Waals surface area (Å²) >= 11 is 7.98. The van der Waals surface area contributed by atoms with E-state index in [1.165, 1.54) is 26.4 Å². The van der Waals surface area contributed by atoms with Gasteiger partial charge in [0.05, 0.1) is 0 Å². The Morgan fingerprint density at radius 1 is 1.29 bits per heavy atom. The number of rotatable bonds is 3. The lowest BCUT2D eigenvalue weighted by molar-refractivity contribution is 0.310. The summed E-state index contributed by atoms with van der Waals surface area (Å²) in [6, 6.07) is 10.4. The number of hydrogen-bond donors (Lipinski definition) is 0. The number of thiophene rings is 1. The van der Waals surface area contributed by atoms with Crippen molar-refractivity contribution in [1.82, 2.24) is 9.47 Å². The Hall–Kier alpha value is -1.55. The first-order valence-corrected chi connectivity index (χ1v) is 9.52. The summed E-state index contributed by atoms with van der Waals surface area (Å²) in [4.78, 5) is 5.23. The molecule has 0 unspecified atom stereocenters. The molecule has 0 saturated carbocycles. The molecule has 124 valence electrons. The lowest BCUT2D eigenvalue weighted by Gasteiger charge is -2.24. The Morgan fingerprint density at radius 3 is 3.00 bits per heavy atom. The molecule has 0 amide bonds. The fraction of sp³-hybridized carbons (Fsp3) is 0.300. The van der Waals surface area contributed by atoms with Crippen LogP contribution >= 0.6 is 22.9 Å². The summed E-state index contributed by atoms with van der Waals surface area (Å²) < 4.78 is 2.51. The minimum atomic E-state index is 0.787. The van der Waals surface area contributed by atoms with Crippen LogP contribution in [0.4, 0.5) is 0 Å². The average Bonchev–Trinajstić information content (AvgIpc) is 3.04. The molecule has 0 radical (unpaired) electrons. The number of halogens is 1. The van der Waals surface area contributed by atoms with Gasteiger partial charge < -0.3 is 9.47 Å². The zero-order valence-corrected chi connectivity index (χ0v) is 15.6. The van der Waals surface area contributed by atoms with Gasteiger partial charge in [0, 0.05) is 47.0 Å². The van der Waals surface area contributed by atoms with E-state index in [-0.39, 0.29) is 0 Å². The second-order valence-electron chi connectivity index (χ2n) is 6.56. The quantitative estimate of drug-likeness (QED) is 0.612. The topological polar surface area (TPSA) is 8.17 Å². The highest BCUT2D eigenvalue weighted by atomic mass is 35.5. The van der Waals surface area contributed by atoms with Gasteiger partial charge in [-0.2, -0.15) is 0 Å². The maximum absolute atomic E-state index is 6.07. The fourth-order valence-corrected chi connectivity index (χ4v) is 4.83. The fourth-order valence-electron chi connectivity index (χ4n) is 3.57. The molecule has 0 atom stereocenters. The number of aromatic nitrogens is 1. The highest BCUT2D eigenvalue weighted by molar-refractivity contribution is 7.18. The van der Waals surface area contributed by atoms with E-state index in [1.54, 1.807) is 0 Å². The molecule has 1 aromatic carbocycles. The zero-order chi connectivity index (χ0) is 16.7. The van der Waals surface area contributed by atoms with Crippen molar-refractivity contribution in [2.24, 2.45) is 0 Å². The summed E-state index contributed by atoms with van der Waals surface area (Å²) in [5.41, 5.74) is 4.20. The molecule has 2 nitrogen and oxygen atoms in total. The van der Waals surface area contributed by atoms with Gasteiger partial charge in [0.1, 0.15) is 4.83 Å². The molecule has 0 bridgehead atoms. The number of aryl methyl sites for hydroxylation is 1. The third-order valence-electron chi connectivity index (χ3n) is 4.69. The van der Waals surface area contributed by atoms with Crippen molar-refractivity contribution in [3.8, 4) is 0 Å². The van der Waals surface area contributed by atoms with E-state index < -0.39 is 0 Å². The third kappa shape index (κ3) is 2.92. The minimum Gasteiger partial charge on any atom is -0.332 e. The van der Waals surface area contributed by atoms with E-state index in [4.69, 9.17) is 11.6 Å². The molecule has 0 spiro atoms. The van der Waals surface area contributed by atoms with Crippen LogP contribution in [-0.2, 0) is 19.5 Å². The molecule has 0 fully saturated rings. The largest absolute Gasteiger partial charge is 0.332 e. The molecule has 24 heavy (non-hydrogen) atoms. The Morgan fingerprint density at radius 2 is 2.17 bits per heavy atom. The molecule has 3 aromatic rings. The summed E-state index contributed by atoms with van der Waals surface area (Å²) in [5, 5.41) is 2.24. The SMILES string of the molecule is Cc1cc2c3c(n(CC=Cc4cccc(Cl)c4)c2s1)CCN(C)C3. The maximum Gasteiger partial charge on any atom is 0.103 e. The Bertz CT molecular complexity index is 919. The number of hydrogen-bond acceptors (Lipinski definition) is 2. The number of likely N-dealkylation sites (N-methyl/N-ethyl adjacent to an activating group) is 1. The monoisotopic (exact) mass is 356 g/mol. The molecule has 4 heteroatoms. The molecule has 0 N–H and O–H groups in total. The van der Waals surface area contributed by atoms with Crippen molar-refractivity contribution in [2.75, 3.05) is 13.6 Å². The summed E-state index contributed by atoms with van der Waals surface area (Å²) in [6.07, 6.45) is 5.55. The van der Waals surface area contributed by atoms with Gasteiger partial charge in [-0.15, -0.1) is 11.3 Å². The van der Waals surface area contributed by atoms with Crippen LogP contribution in [0.2, 0.25) is 5.02 Å². The average molecular weight is 357 g/mol. The molecule has 0 saturated heterocycles. The van der Waals surface area contributed by atoms with E-state index in [1.807, 2.05) is 29.5 Å². The molecule has 2 aromatic heterocycles. The second-order valence-corrected chi connectivity index (χ2v) is 8.23. The first-order chi connectivity index (χ1) is 11.6. The number of allylic oxidation sites excluding steroid dienone is 1. The summed E-state index contributed by atoms with van der Waals surface area (Å²) in [6.45, 7) is 5.33. The van der Waals surface area contributed by atoms with E-state index in [2.05, 4.69) is 47.7 Å². The first-order valence-electron chi connectivity index (χ1n) is 8.33. The lowest BCUT2D eigenvalue weighted by atomic mass is 10.1. The van der Waals surface area contributed by atoms with Crippen LogP contribution in [0.1, 0.15) is 21.7 Å². The maximum atomic E-state index is 6.07. The van der Waals surface area contributed by atoms with Gasteiger partial charge in [-0.1, -0.05) is 35.9 Å². The van der Waals surface area contributed by atoms with Crippen LogP contribution in [0, 0.1) is 6.92 Å². The number of nitrogens with zero attached hydrogens (tertiary/aromatic N) is 2. The van der Waals surface area contributed by atoms with Gasteiger partial charge >= 0.3 is 0 Å². The van der Waals surface area contributed by atoms with Crippen LogP contribution in [0.5, 0.6) is 0 Å². The lowest BCUT2D eigenvalue weighted by Crippen LogP contribution is -2.27. The third-order valence-corrected chi connectivity index (χ3v) is 5.99. The smallest absolute Gasteiger partial charge is 0.103 e. The highest BCUT2D eigenvalue weighted by Gasteiger charge is 2.23. The molecule has 1 aliphatic heterocycles. The van der Waals surface area contributed by atoms with E-state index in [0.29, 0.717) is 0 Å². The van der Waals surface area contributed by atoms with Gasteiger partial charge in [0.15, 0.2) is 0 Å². The molecule has 4 rings (SSSR count). The van der Waals surface area contributed by atoms with Crippen molar-refractivity contribution in [3.05, 3.63) is 63.1 Å². The second kappa shape index (κ2) is 6.40. The van der Waals surface area contributed by atoms with Gasteiger partial charge in [-0.25, -0.2) is 0 Å². The van der Waals surface area contributed by atoms with Crippen molar-refractivity contribution in [3.63, 3.8) is 0 Å². The highest BCUT2D eigenvalue weighted by Crippen LogP contribution is 2.35. The molecule has 3 heterocycles. The molecular weight excluding hydrogens is 336 g/mol. The normalized spacial score (nSPS) is 15.5. The molecular formula is C20H21ClN2S. The van der Waals surface area contributed by atoms with Crippen molar-refractivity contribution in [2.45, 2.75) is 26.4 Å². The predicted molar refractivity (Wildman–Crippen MR) is 105 cm³/mol. The van der Waals surface area contributed by atoms with E-state index in [9.17, 15) is 0 Å². The zero-order valence-electron chi connectivity index (χ0n) is 14.1. The summed E-state index contributed by atoms with van der Waals surface area (Å²) in [7, 11) is 2.21. The van der Waals surface area contributed by atoms with E-state index >= 15 is 0 Å². The van der Waals surface area contributed by atoms with Gasteiger partial charge in [-0.3, -0.25) is 0 Å². The molecule has 1 aliphatic rings. The predicted octanol–water partition coefficient (Wildman–Crippen LogP) is 5.37. The number of fused-ring (bicyclic) bond motifs is 3. The van der Waals surface area contributed by atoms with Gasteiger partial charge in [0.25, 0.3) is 0 Å². The van der Waals surface area contributed by atoms with Crippen molar-refractivity contribution in [1.29, 1.82) is 0 Å². The summed E-state index contributed by atoms with van der Waals surface area (Å²) in [5.74, 6) is 0. The van der Waals surface area contributed by atoms with Crippen LogP contribution in [0.15, 0.2) is 36.4 Å². The molecule has 0 aliphatic carbocycles. The van der Waals surface area contributed by atoms with Crippen molar-refractivity contribution < 1.29 is 0 Å². The van der Waals surface area contributed by atoms with Gasteiger partial charge in [0.2, 0.25) is 0 Å².